The van der Waals surface area contributed by atoms with E-state index in [1.165, 1.54) is 186 Å². The number of ether oxygens (including phenoxy) is 3. The number of esters is 3. The lowest BCUT2D eigenvalue weighted by Gasteiger charge is -2.21. The fraction of sp³-hybridized carbons (Fsp3) is 0.864. The molecule has 0 aliphatic carbocycles. The number of unbranched alkanes of at least 4 members (excludes halogenated alkanes) is 39. The minimum Gasteiger partial charge on any atom is -0.462 e. The first kappa shape index (κ1) is 75.7. The molecule has 0 fully saturated rings. The van der Waals surface area contributed by atoms with E-state index in [1.807, 2.05) is 0 Å². The van der Waals surface area contributed by atoms with Crippen molar-refractivity contribution >= 4 is 25.7 Å². The number of hydrogen-bond acceptors (Lipinski definition) is 10. The van der Waals surface area contributed by atoms with Gasteiger partial charge in [0.15, 0.2) is 6.10 Å². The molecule has 3 atom stereocenters. The molecule has 0 rings (SSSR count). The molecular formula is C66H123O11P. The molecule has 0 aromatic heterocycles. The van der Waals surface area contributed by atoms with E-state index >= 15 is 0 Å². The number of carbonyl (C=O) groups excluding carboxylic acids is 3. The van der Waals surface area contributed by atoms with Crippen LogP contribution >= 0.6 is 7.82 Å². The van der Waals surface area contributed by atoms with Gasteiger partial charge in [-0.2, -0.15) is 0 Å². The van der Waals surface area contributed by atoms with Crippen LogP contribution in [-0.2, 0) is 42.2 Å². The Hall–Kier alpha value is -2.30. The van der Waals surface area contributed by atoms with Crippen LogP contribution in [0.2, 0.25) is 0 Å². The molecule has 12 heteroatoms. The monoisotopic (exact) mass is 1120 g/mol. The normalized spacial score (nSPS) is 13.4. The predicted molar refractivity (Wildman–Crippen MR) is 326 cm³/mol. The fourth-order valence-electron chi connectivity index (χ4n) is 9.50. The van der Waals surface area contributed by atoms with E-state index in [0.29, 0.717) is 19.3 Å². The van der Waals surface area contributed by atoms with Gasteiger partial charge in [-0.05, 0) is 77.0 Å². The molecule has 0 radical (unpaired) electrons. The average Bonchev–Trinajstić information content (AvgIpc) is 3.43. The number of rotatable bonds is 62. The average molecular weight is 1120 g/mol. The Labute approximate surface area is 480 Å². The van der Waals surface area contributed by atoms with Gasteiger partial charge in [0.2, 0.25) is 0 Å². The molecule has 2 N–H and O–H groups in total. The number of hydrogen-bond donors (Lipinski definition) is 2. The summed E-state index contributed by atoms with van der Waals surface area (Å²) in [6.45, 7) is 4.67. The van der Waals surface area contributed by atoms with Crippen LogP contribution in [0.1, 0.15) is 329 Å². The summed E-state index contributed by atoms with van der Waals surface area (Å²) >= 11 is 0. The third-order valence-electron chi connectivity index (χ3n) is 14.5. The van der Waals surface area contributed by atoms with Crippen LogP contribution in [0, 0.1) is 0 Å². The highest BCUT2D eigenvalue weighted by Crippen LogP contribution is 2.43. The standard InChI is InChI=1S/C66H123O11P/c1-4-7-10-13-16-19-22-25-28-30-31-33-35-37-40-43-46-49-52-55-64(68)73-59-63(77-66(70)57-54-51-48-45-42-39-36-32-29-26-23-20-17-14-11-8-5-2)61-75-78(71,72)74-60-62(58-67)76-65(69)56-53-50-47-44-41-38-34-27-24-21-18-15-12-9-6-3/h18,21,25,27-28,34,62-63,67H,4-17,19-20,22-24,26,29-33,35-61H2,1-3H3,(H,71,72)/b21-18-,28-25-,34-27-. The summed E-state index contributed by atoms with van der Waals surface area (Å²) in [5.74, 6) is -1.45. The van der Waals surface area contributed by atoms with E-state index in [-0.39, 0.29) is 25.9 Å². The number of carbonyl (C=O) groups is 3. The number of phosphoric ester groups is 1. The van der Waals surface area contributed by atoms with E-state index < -0.39 is 57.8 Å². The van der Waals surface area contributed by atoms with Crippen LogP contribution < -0.4 is 0 Å². The van der Waals surface area contributed by atoms with E-state index in [2.05, 4.69) is 57.2 Å². The Morgan fingerprint density at radius 1 is 0.359 bits per heavy atom. The summed E-state index contributed by atoms with van der Waals surface area (Å²) in [6, 6.07) is 0. The maximum Gasteiger partial charge on any atom is 0.472 e. The third-order valence-corrected chi connectivity index (χ3v) is 15.5. The number of phosphoric acid groups is 1. The van der Waals surface area contributed by atoms with Crippen LogP contribution in [0.3, 0.4) is 0 Å². The van der Waals surface area contributed by atoms with E-state index in [4.69, 9.17) is 23.3 Å². The Balaban J connectivity index is 4.67. The number of allylic oxidation sites excluding steroid dienone is 6. The molecule has 0 aromatic rings. The second kappa shape index (κ2) is 60.8. The maximum absolute atomic E-state index is 13.0. The zero-order valence-electron chi connectivity index (χ0n) is 50.9. The summed E-state index contributed by atoms with van der Waals surface area (Å²) in [5, 5.41) is 9.85. The van der Waals surface area contributed by atoms with Crippen molar-refractivity contribution in [2.45, 2.75) is 341 Å². The molecular weight excluding hydrogens is 1000 g/mol. The van der Waals surface area contributed by atoms with Gasteiger partial charge in [0, 0.05) is 19.3 Å². The Morgan fingerprint density at radius 3 is 0.987 bits per heavy atom. The summed E-state index contributed by atoms with van der Waals surface area (Å²) in [4.78, 5) is 48.8. The fourth-order valence-corrected chi connectivity index (χ4v) is 10.3. The second-order valence-electron chi connectivity index (χ2n) is 22.3. The van der Waals surface area contributed by atoms with Gasteiger partial charge >= 0.3 is 25.7 Å². The maximum atomic E-state index is 13.0. The van der Waals surface area contributed by atoms with Crippen molar-refractivity contribution in [1.29, 1.82) is 0 Å². The molecule has 0 amide bonds. The van der Waals surface area contributed by atoms with Crippen LogP contribution in [0.4, 0.5) is 0 Å². The van der Waals surface area contributed by atoms with E-state index in [1.54, 1.807) is 0 Å². The summed E-state index contributed by atoms with van der Waals surface area (Å²) < 4.78 is 39.7. The molecule has 0 aromatic carbocycles. The Morgan fingerprint density at radius 2 is 0.628 bits per heavy atom. The highest BCUT2D eigenvalue weighted by molar-refractivity contribution is 7.47. The van der Waals surface area contributed by atoms with Crippen molar-refractivity contribution in [2.75, 3.05) is 26.4 Å². The van der Waals surface area contributed by atoms with Gasteiger partial charge in [0.05, 0.1) is 19.8 Å². The smallest absolute Gasteiger partial charge is 0.462 e. The molecule has 11 nitrogen and oxygen atoms in total. The molecule has 0 bridgehead atoms. The van der Waals surface area contributed by atoms with E-state index in [9.17, 15) is 28.9 Å². The minimum absolute atomic E-state index is 0.164. The van der Waals surface area contributed by atoms with Gasteiger partial charge in [-0.1, -0.05) is 269 Å². The third kappa shape index (κ3) is 58.4. The summed E-state index contributed by atoms with van der Waals surface area (Å²) in [6.07, 6.45) is 65.2. The number of aliphatic hydroxyl groups is 1. The van der Waals surface area contributed by atoms with Crippen LogP contribution in [0.5, 0.6) is 0 Å². The first-order valence-corrected chi connectivity index (χ1v) is 34.4. The summed E-state index contributed by atoms with van der Waals surface area (Å²) in [7, 11) is -4.75. The van der Waals surface area contributed by atoms with E-state index in [0.717, 1.165) is 83.5 Å². The first-order chi connectivity index (χ1) is 38.2. The van der Waals surface area contributed by atoms with Gasteiger partial charge in [-0.15, -0.1) is 0 Å². The number of aliphatic hydroxyl groups excluding tert-OH is 1. The second-order valence-corrected chi connectivity index (χ2v) is 23.7. The van der Waals surface area contributed by atoms with Crippen molar-refractivity contribution in [3.63, 3.8) is 0 Å². The molecule has 78 heavy (non-hydrogen) atoms. The zero-order chi connectivity index (χ0) is 56.9. The first-order valence-electron chi connectivity index (χ1n) is 32.9. The van der Waals surface area contributed by atoms with Gasteiger partial charge in [-0.3, -0.25) is 23.4 Å². The molecule has 0 saturated carbocycles. The Bertz CT molecular complexity index is 1450. The van der Waals surface area contributed by atoms with Crippen molar-refractivity contribution in [1.82, 2.24) is 0 Å². The molecule has 0 aliphatic heterocycles. The topological polar surface area (TPSA) is 155 Å². The quantitative estimate of drug-likeness (QED) is 0.0197. The minimum atomic E-state index is -4.75. The van der Waals surface area contributed by atoms with Gasteiger partial charge < -0.3 is 24.2 Å². The molecule has 0 spiro atoms. The molecule has 3 unspecified atom stereocenters. The van der Waals surface area contributed by atoms with Gasteiger partial charge in [0.25, 0.3) is 0 Å². The SMILES string of the molecule is CCCCC/C=C\C/C=C\CCCCCCCC(=O)OC(CO)COP(=O)(O)OCC(COC(=O)CCCCCCCCCCC/C=C\CCCCCCCC)OC(=O)CCCCCCCCCCCCCCCCCCC. The van der Waals surface area contributed by atoms with Crippen LogP contribution in [-0.4, -0.2) is 66.5 Å². The van der Waals surface area contributed by atoms with Crippen molar-refractivity contribution in [3.05, 3.63) is 36.5 Å². The largest absolute Gasteiger partial charge is 0.472 e. The summed E-state index contributed by atoms with van der Waals surface area (Å²) in [5.41, 5.74) is 0. The molecule has 0 aliphatic rings. The van der Waals surface area contributed by atoms with Gasteiger partial charge in [0.1, 0.15) is 12.7 Å². The van der Waals surface area contributed by atoms with Crippen LogP contribution in [0.15, 0.2) is 36.5 Å². The predicted octanol–water partition coefficient (Wildman–Crippen LogP) is 19.9. The van der Waals surface area contributed by atoms with Crippen molar-refractivity contribution < 1.29 is 52.2 Å². The molecule has 458 valence electrons. The zero-order valence-corrected chi connectivity index (χ0v) is 51.8. The van der Waals surface area contributed by atoms with Crippen LogP contribution in [0.25, 0.3) is 0 Å². The lowest BCUT2D eigenvalue weighted by atomic mass is 10.0. The van der Waals surface area contributed by atoms with Crippen molar-refractivity contribution in [3.8, 4) is 0 Å². The molecule has 0 heterocycles. The lowest BCUT2D eigenvalue weighted by Crippen LogP contribution is -2.30. The van der Waals surface area contributed by atoms with Crippen molar-refractivity contribution in [2.24, 2.45) is 0 Å². The lowest BCUT2D eigenvalue weighted by molar-refractivity contribution is -0.161. The highest BCUT2D eigenvalue weighted by Gasteiger charge is 2.28. The highest BCUT2D eigenvalue weighted by atomic mass is 31.2. The van der Waals surface area contributed by atoms with Gasteiger partial charge in [-0.25, -0.2) is 4.57 Å². The molecule has 0 saturated heterocycles. The Kier molecular flexibility index (Phi) is 59.0.